The molecule has 0 bridgehead atoms. The number of carbonyl (C=O) groups is 1. The van der Waals surface area contributed by atoms with E-state index in [1.807, 2.05) is 67.7 Å². The minimum absolute atomic E-state index is 0.0311. The van der Waals surface area contributed by atoms with Crippen molar-refractivity contribution in [2.45, 2.75) is 36.0 Å². The molecule has 234 valence electrons. The number of methoxy groups -OCH3 is 1. The summed E-state index contributed by atoms with van der Waals surface area (Å²) in [7, 11) is 2.35. The second kappa shape index (κ2) is 14.8. The highest BCUT2D eigenvalue weighted by molar-refractivity contribution is 7.84. The second-order valence-corrected chi connectivity index (χ2v) is 13.8. The van der Waals surface area contributed by atoms with Crippen molar-refractivity contribution in [1.29, 1.82) is 5.26 Å². The van der Waals surface area contributed by atoms with E-state index in [1.165, 1.54) is 5.56 Å². The zero-order valence-electron chi connectivity index (χ0n) is 25.8. The minimum Gasteiger partial charge on any atom is -0.495 e. The number of ether oxygens (including phenoxy) is 1. The van der Waals surface area contributed by atoms with E-state index in [1.54, 1.807) is 24.3 Å². The van der Waals surface area contributed by atoms with Gasteiger partial charge < -0.3 is 14.5 Å². The molecular weight excluding hydrogens is 625 g/mol. The molecule has 0 aliphatic carbocycles. The molecule has 1 fully saturated rings. The van der Waals surface area contributed by atoms with Gasteiger partial charge in [-0.1, -0.05) is 59.6 Å². The number of likely N-dealkylation sites (N-methyl/N-ethyl adjacent to an activating group) is 1. The smallest absolute Gasteiger partial charge is 0.254 e. The van der Waals surface area contributed by atoms with Crippen molar-refractivity contribution < 1.29 is 13.7 Å². The number of carbonyl (C=O) groups excluding carboxylic acids is 1. The number of nitrogens with zero attached hydrogens (tertiary/aromatic N) is 3. The van der Waals surface area contributed by atoms with Crippen molar-refractivity contribution >= 4 is 50.7 Å². The molecule has 1 saturated heterocycles. The van der Waals surface area contributed by atoms with Gasteiger partial charge in [-0.05, 0) is 103 Å². The number of rotatable bonds is 10. The van der Waals surface area contributed by atoms with Crippen molar-refractivity contribution in [1.82, 2.24) is 9.80 Å². The van der Waals surface area contributed by atoms with E-state index in [4.69, 9.17) is 27.9 Å². The Balaban J connectivity index is 1.29. The lowest BCUT2D eigenvalue weighted by atomic mass is 9.88. The Bertz CT molecular complexity index is 1760. The van der Waals surface area contributed by atoms with Gasteiger partial charge >= 0.3 is 0 Å². The molecule has 4 aromatic rings. The summed E-state index contributed by atoms with van der Waals surface area (Å²) >= 11 is 12.7. The zero-order valence-corrected chi connectivity index (χ0v) is 28.1. The SMILES string of the molecule is COc1cc(C2CCN(CC[C@H](CN(C)C(=O)c3cc(C#N)cc4ccccc34)c3ccc(Cl)c(Cl)c3)CC2)ccc1S(C)=O. The third kappa shape index (κ3) is 7.70. The van der Waals surface area contributed by atoms with Crippen LogP contribution in [0.4, 0.5) is 0 Å². The number of amides is 1. The zero-order chi connectivity index (χ0) is 32.1. The third-order valence-corrected chi connectivity index (χ3v) is 10.5. The van der Waals surface area contributed by atoms with E-state index in [0.717, 1.165) is 60.1 Å². The molecule has 5 rings (SSSR count). The van der Waals surface area contributed by atoms with Crippen LogP contribution >= 0.6 is 23.2 Å². The number of hydrogen-bond acceptors (Lipinski definition) is 5. The fourth-order valence-corrected chi connectivity index (χ4v) is 7.30. The molecule has 6 nitrogen and oxygen atoms in total. The van der Waals surface area contributed by atoms with Crippen LogP contribution in [0.25, 0.3) is 10.8 Å². The van der Waals surface area contributed by atoms with Gasteiger partial charge in [-0.3, -0.25) is 9.00 Å². The lowest BCUT2D eigenvalue weighted by Crippen LogP contribution is -2.36. The average molecular weight is 663 g/mol. The predicted molar refractivity (Wildman–Crippen MR) is 183 cm³/mol. The molecule has 0 radical (unpaired) electrons. The molecule has 1 aliphatic rings. The summed E-state index contributed by atoms with van der Waals surface area (Å²) in [5.74, 6) is 1.01. The van der Waals surface area contributed by atoms with Gasteiger partial charge in [-0.2, -0.15) is 5.26 Å². The van der Waals surface area contributed by atoms with E-state index in [-0.39, 0.29) is 11.8 Å². The molecule has 1 amide bonds. The molecule has 0 saturated carbocycles. The maximum atomic E-state index is 13.8. The van der Waals surface area contributed by atoms with Crippen molar-refractivity contribution in [2.75, 3.05) is 46.6 Å². The molecule has 0 aromatic heterocycles. The topological polar surface area (TPSA) is 73.6 Å². The van der Waals surface area contributed by atoms with Crippen molar-refractivity contribution in [3.8, 4) is 11.8 Å². The molecule has 1 aliphatic heterocycles. The molecule has 9 heteroatoms. The van der Waals surface area contributed by atoms with Crippen molar-refractivity contribution in [3.05, 3.63) is 105 Å². The van der Waals surface area contributed by atoms with Crippen LogP contribution in [0, 0.1) is 11.3 Å². The first-order valence-corrected chi connectivity index (χ1v) is 17.4. The first-order chi connectivity index (χ1) is 21.7. The first-order valence-electron chi connectivity index (χ1n) is 15.1. The first kappa shape index (κ1) is 33.0. The van der Waals surface area contributed by atoms with Gasteiger partial charge in [0.1, 0.15) is 5.75 Å². The second-order valence-electron chi connectivity index (χ2n) is 11.7. The summed E-state index contributed by atoms with van der Waals surface area (Å²) in [5.41, 5.74) is 3.25. The Morgan fingerprint density at radius 2 is 1.82 bits per heavy atom. The standard InChI is InChI=1S/C36H37Cl2N3O3S/c1-40(36(42)31-19-24(22-39)18-28-6-4-5-7-30(28)31)23-29(26-8-10-32(37)33(38)20-26)14-17-41-15-12-25(13-16-41)27-9-11-35(45(3)43)34(21-27)44-2/h4-11,18-21,25,29H,12-17,23H2,1-3H3/t29-,45?/m1/s1. The Hall–Kier alpha value is -3.41. The number of hydrogen-bond donors (Lipinski definition) is 0. The fraction of sp³-hybridized carbons (Fsp3) is 0.333. The summed E-state index contributed by atoms with van der Waals surface area (Å²) in [6, 6.07) is 25.1. The molecule has 0 N–H and O–H groups in total. The number of benzene rings is 4. The van der Waals surface area contributed by atoms with E-state index >= 15 is 0 Å². The normalized spacial score (nSPS) is 15.4. The van der Waals surface area contributed by atoms with Crippen LogP contribution in [-0.2, 0) is 10.8 Å². The molecule has 1 heterocycles. The highest BCUT2D eigenvalue weighted by Crippen LogP contribution is 2.34. The Morgan fingerprint density at radius 1 is 1.07 bits per heavy atom. The van der Waals surface area contributed by atoms with Crippen LogP contribution in [0.3, 0.4) is 0 Å². The number of nitriles is 1. The van der Waals surface area contributed by atoms with Crippen LogP contribution in [0.5, 0.6) is 5.75 Å². The largest absolute Gasteiger partial charge is 0.495 e. The van der Waals surface area contributed by atoms with Crippen LogP contribution in [0.1, 0.15) is 58.1 Å². The number of piperidine rings is 1. The van der Waals surface area contributed by atoms with Gasteiger partial charge in [0.25, 0.3) is 5.91 Å². The monoisotopic (exact) mass is 661 g/mol. The summed E-state index contributed by atoms with van der Waals surface area (Å²) in [6.07, 6.45) is 4.55. The van der Waals surface area contributed by atoms with Gasteiger partial charge in [-0.15, -0.1) is 0 Å². The highest BCUT2D eigenvalue weighted by atomic mass is 35.5. The minimum atomic E-state index is -1.10. The Kier molecular flexibility index (Phi) is 10.8. The summed E-state index contributed by atoms with van der Waals surface area (Å²) in [4.78, 5) is 18.8. The number of halogens is 2. The number of fused-ring (bicyclic) bond motifs is 1. The molecule has 4 aromatic carbocycles. The molecule has 0 spiro atoms. The molecular formula is C36H37Cl2N3O3S. The van der Waals surface area contributed by atoms with Crippen LogP contribution < -0.4 is 4.74 Å². The van der Waals surface area contributed by atoms with Gasteiger partial charge in [0.15, 0.2) is 0 Å². The van der Waals surface area contributed by atoms with E-state index in [0.29, 0.717) is 39.4 Å². The summed E-state index contributed by atoms with van der Waals surface area (Å²) < 4.78 is 17.6. The molecule has 45 heavy (non-hydrogen) atoms. The summed E-state index contributed by atoms with van der Waals surface area (Å²) in [6.45, 7) is 3.29. The Labute approximate surface area is 277 Å². The Morgan fingerprint density at radius 3 is 2.51 bits per heavy atom. The van der Waals surface area contributed by atoms with Gasteiger partial charge in [0.05, 0.1) is 44.5 Å². The molecule has 2 atom stereocenters. The van der Waals surface area contributed by atoms with Gasteiger partial charge in [0.2, 0.25) is 0 Å². The average Bonchev–Trinajstić information content (AvgIpc) is 3.06. The van der Waals surface area contributed by atoms with E-state index in [9.17, 15) is 14.3 Å². The van der Waals surface area contributed by atoms with Crippen LogP contribution in [0.2, 0.25) is 10.0 Å². The quantitative estimate of drug-likeness (QED) is 0.173. The van der Waals surface area contributed by atoms with E-state index in [2.05, 4.69) is 17.0 Å². The van der Waals surface area contributed by atoms with Crippen LogP contribution in [0.15, 0.2) is 77.7 Å². The van der Waals surface area contributed by atoms with Gasteiger partial charge in [-0.25, -0.2) is 0 Å². The lowest BCUT2D eigenvalue weighted by Gasteiger charge is -2.34. The highest BCUT2D eigenvalue weighted by Gasteiger charge is 2.25. The van der Waals surface area contributed by atoms with Gasteiger partial charge in [0, 0.05) is 31.3 Å². The van der Waals surface area contributed by atoms with E-state index < -0.39 is 10.8 Å². The summed E-state index contributed by atoms with van der Waals surface area (Å²) in [5, 5.41) is 12.3. The predicted octanol–water partition coefficient (Wildman–Crippen LogP) is 7.89. The third-order valence-electron chi connectivity index (χ3n) is 8.83. The maximum absolute atomic E-state index is 13.8. The maximum Gasteiger partial charge on any atom is 0.254 e. The fourth-order valence-electron chi connectivity index (χ4n) is 6.30. The van der Waals surface area contributed by atoms with Crippen molar-refractivity contribution in [2.24, 2.45) is 0 Å². The lowest BCUT2D eigenvalue weighted by molar-refractivity contribution is 0.0783. The van der Waals surface area contributed by atoms with Crippen molar-refractivity contribution in [3.63, 3.8) is 0 Å². The number of likely N-dealkylation sites (tertiary alicyclic amines) is 1. The van der Waals surface area contributed by atoms with Crippen LogP contribution in [-0.4, -0.2) is 66.5 Å². The molecule has 1 unspecified atom stereocenters.